The Bertz CT molecular complexity index is 496. The standard InChI is InChI=1S/C11H13N3OS/c1-7-5-8(3-4-9(7)15-2)11-14-13-10(6-12)16-11/h3-5H,6,12H2,1-2H3. The zero-order valence-corrected chi connectivity index (χ0v) is 10.0. The van der Waals surface area contributed by atoms with E-state index in [1.54, 1.807) is 7.11 Å². The van der Waals surface area contributed by atoms with Crippen molar-refractivity contribution in [1.82, 2.24) is 10.2 Å². The van der Waals surface area contributed by atoms with Crippen LogP contribution in [-0.4, -0.2) is 17.3 Å². The van der Waals surface area contributed by atoms with Gasteiger partial charge in [-0.3, -0.25) is 0 Å². The van der Waals surface area contributed by atoms with Crippen molar-refractivity contribution in [2.45, 2.75) is 13.5 Å². The molecule has 0 spiro atoms. The number of nitrogens with zero attached hydrogens (tertiary/aromatic N) is 2. The normalized spacial score (nSPS) is 10.4. The second-order valence-electron chi connectivity index (χ2n) is 3.39. The van der Waals surface area contributed by atoms with Crippen molar-refractivity contribution in [1.29, 1.82) is 0 Å². The van der Waals surface area contributed by atoms with Crippen LogP contribution in [0.25, 0.3) is 10.6 Å². The first-order chi connectivity index (χ1) is 7.74. The summed E-state index contributed by atoms with van der Waals surface area (Å²) in [6.07, 6.45) is 0. The van der Waals surface area contributed by atoms with Gasteiger partial charge in [-0.2, -0.15) is 0 Å². The molecule has 0 bridgehead atoms. The van der Waals surface area contributed by atoms with E-state index < -0.39 is 0 Å². The zero-order chi connectivity index (χ0) is 11.5. The van der Waals surface area contributed by atoms with Gasteiger partial charge in [-0.15, -0.1) is 10.2 Å². The Labute approximate surface area is 98.1 Å². The Hall–Kier alpha value is -1.46. The maximum Gasteiger partial charge on any atom is 0.147 e. The molecule has 0 atom stereocenters. The van der Waals surface area contributed by atoms with Crippen molar-refractivity contribution in [3.8, 4) is 16.3 Å². The average molecular weight is 235 g/mol. The molecule has 0 aliphatic carbocycles. The summed E-state index contributed by atoms with van der Waals surface area (Å²) in [6, 6.07) is 5.96. The van der Waals surface area contributed by atoms with Gasteiger partial charge >= 0.3 is 0 Å². The number of methoxy groups -OCH3 is 1. The number of benzene rings is 1. The lowest BCUT2D eigenvalue weighted by Gasteiger charge is -2.04. The van der Waals surface area contributed by atoms with Gasteiger partial charge in [-0.05, 0) is 30.7 Å². The first-order valence-electron chi connectivity index (χ1n) is 4.92. The van der Waals surface area contributed by atoms with E-state index in [1.165, 1.54) is 11.3 Å². The van der Waals surface area contributed by atoms with Crippen LogP contribution in [0.15, 0.2) is 18.2 Å². The third kappa shape index (κ3) is 2.05. The predicted molar refractivity (Wildman–Crippen MR) is 64.5 cm³/mol. The third-order valence-corrected chi connectivity index (χ3v) is 3.28. The molecule has 84 valence electrons. The maximum absolute atomic E-state index is 5.50. The van der Waals surface area contributed by atoms with Crippen molar-refractivity contribution >= 4 is 11.3 Å². The van der Waals surface area contributed by atoms with E-state index >= 15 is 0 Å². The Balaban J connectivity index is 2.37. The molecule has 0 saturated carbocycles. The molecule has 0 aliphatic heterocycles. The van der Waals surface area contributed by atoms with Crippen molar-refractivity contribution in [3.05, 3.63) is 28.8 Å². The van der Waals surface area contributed by atoms with Gasteiger partial charge in [0.15, 0.2) is 0 Å². The first kappa shape index (κ1) is 11.0. The monoisotopic (exact) mass is 235 g/mol. The highest BCUT2D eigenvalue weighted by atomic mass is 32.1. The number of aryl methyl sites for hydroxylation is 1. The Morgan fingerprint density at radius 2 is 2.19 bits per heavy atom. The molecule has 16 heavy (non-hydrogen) atoms. The van der Waals surface area contributed by atoms with Crippen LogP contribution in [0.3, 0.4) is 0 Å². The van der Waals surface area contributed by atoms with E-state index in [9.17, 15) is 0 Å². The molecule has 0 saturated heterocycles. The lowest BCUT2D eigenvalue weighted by molar-refractivity contribution is 0.412. The molecule has 1 aromatic heterocycles. The van der Waals surface area contributed by atoms with E-state index in [1.807, 2.05) is 25.1 Å². The van der Waals surface area contributed by atoms with Crippen LogP contribution in [0.4, 0.5) is 0 Å². The molecule has 2 N–H and O–H groups in total. The van der Waals surface area contributed by atoms with Crippen LogP contribution in [0.2, 0.25) is 0 Å². The largest absolute Gasteiger partial charge is 0.496 e. The van der Waals surface area contributed by atoms with Gasteiger partial charge in [0.05, 0.1) is 7.11 Å². The Morgan fingerprint density at radius 3 is 2.75 bits per heavy atom. The summed E-state index contributed by atoms with van der Waals surface area (Å²) in [5.74, 6) is 0.882. The van der Waals surface area contributed by atoms with Gasteiger partial charge in [0.2, 0.25) is 0 Å². The van der Waals surface area contributed by atoms with Gasteiger partial charge in [0.1, 0.15) is 15.8 Å². The molecule has 1 aromatic carbocycles. The first-order valence-corrected chi connectivity index (χ1v) is 5.73. The topological polar surface area (TPSA) is 61.0 Å². The summed E-state index contributed by atoms with van der Waals surface area (Å²) < 4.78 is 5.21. The van der Waals surface area contributed by atoms with Crippen molar-refractivity contribution in [2.75, 3.05) is 7.11 Å². The van der Waals surface area contributed by atoms with Gasteiger partial charge in [-0.25, -0.2) is 0 Å². The Morgan fingerprint density at radius 1 is 1.38 bits per heavy atom. The van der Waals surface area contributed by atoms with Gasteiger partial charge in [-0.1, -0.05) is 11.3 Å². The molecule has 0 aliphatic rings. The van der Waals surface area contributed by atoms with E-state index in [2.05, 4.69) is 10.2 Å². The van der Waals surface area contributed by atoms with Crippen molar-refractivity contribution in [2.24, 2.45) is 5.73 Å². The number of nitrogens with two attached hydrogens (primary N) is 1. The van der Waals surface area contributed by atoms with Crippen LogP contribution < -0.4 is 10.5 Å². The highest BCUT2D eigenvalue weighted by molar-refractivity contribution is 7.14. The number of hydrogen-bond acceptors (Lipinski definition) is 5. The molecule has 1 heterocycles. The van der Waals surface area contributed by atoms with Crippen LogP contribution in [0.1, 0.15) is 10.6 Å². The summed E-state index contributed by atoms with van der Waals surface area (Å²) in [6.45, 7) is 2.44. The molecule has 0 radical (unpaired) electrons. The minimum Gasteiger partial charge on any atom is -0.496 e. The van der Waals surface area contributed by atoms with E-state index in [4.69, 9.17) is 10.5 Å². The van der Waals surface area contributed by atoms with Gasteiger partial charge < -0.3 is 10.5 Å². The molecule has 0 fully saturated rings. The summed E-state index contributed by atoms with van der Waals surface area (Å²) in [4.78, 5) is 0. The quantitative estimate of drug-likeness (QED) is 0.883. The lowest BCUT2D eigenvalue weighted by atomic mass is 10.1. The average Bonchev–Trinajstić information content (AvgIpc) is 2.77. The molecule has 0 unspecified atom stereocenters. The molecular weight excluding hydrogens is 222 g/mol. The molecular formula is C11H13N3OS. The molecule has 2 aromatic rings. The highest BCUT2D eigenvalue weighted by Crippen LogP contribution is 2.27. The van der Waals surface area contributed by atoms with Crippen molar-refractivity contribution in [3.63, 3.8) is 0 Å². The van der Waals surface area contributed by atoms with Crippen LogP contribution in [0, 0.1) is 6.92 Å². The van der Waals surface area contributed by atoms with E-state index in [0.717, 1.165) is 26.9 Å². The fourth-order valence-corrected chi connectivity index (χ4v) is 2.18. The van der Waals surface area contributed by atoms with E-state index in [-0.39, 0.29) is 0 Å². The number of ether oxygens (including phenoxy) is 1. The summed E-state index contributed by atoms with van der Waals surface area (Å²) in [7, 11) is 1.67. The van der Waals surface area contributed by atoms with Crippen molar-refractivity contribution < 1.29 is 4.74 Å². The maximum atomic E-state index is 5.50. The second-order valence-corrected chi connectivity index (χ2v) is 4.45. The minimum absolute atomic E-state index is 0.437. The van der Waals surface area contributed by atoms with E-state index in [0.29, 0.717) is 6.54 Å². The Kier molecular flexibility index (Phi) is 3.17. The molecule has 2 rings (SSSR count). The number of hydrogen-bond donors (Lipinski definition) is 1. The lowest BCUT2D eigenvalue weighted by Crippen LogP contribution is -1.94. The highest BCUT2D eigenvalue weighted by Gasteiger charge is 2.07. The SMILES string of the molecule is COc1ccc(-c2nnc(CN)s2)cc1C. The number of rotatable bonds is 3. The summed E-state index contributed by atoms with van der Waals surface area (Å²) in [5.41, 5.74) is 7.64. The second kappa shape index (κ2) is 4.59. The van der Waals surface area contributed by atoms with Crippen LogP contribution in [0.5, 0.6) is 5.75 Å². The van der Waals surface area contributed by atoms with Gasteiger partial charge in [0, 0.05) is 12.1 Å². The third-order valence-electron chi connectivity index (χ3n) is 2.28. The fraction of sp³-hybridized carbons (Fsp3) is 0.273. The molecule has 4 nitrogen and oxygen atoms in total. The summed E-state index contributed by atoms with van der Waals surface area (Å²) in [5, 5.41) is 9.84. The van der Waals surface area contributed by atoms with Crippen LogP contribution >= 0.6 is 11.3 Å². The smallest absolute Gasteiger partial charge is 0.147 e. The van der Waals surface area contributed by atoms with Gasteiger partial charge in [0.25, 0.3) is 0 Å². The fourth-order valence-electron chi connectivity index (χ4n) is 1.46. The predicted octanol–water partition coefficient (Wildman–Crippen LogP) is 1.98. The molecule has 5 heteroatoms. The zero-order valence-electron chi connectivity index (χ0n) is 9.23. The number of aromatic nitrogens is 2. The molecule has 0 amide bonds. The van der Waals surface area contributed by atoms with Crippen LogP contribution in [-0.2, 0) is 6.54 Å². The summed E-state index contributed by atoms with van der Waals surface area (Å²) >= 11 is 1.52. The minimum atomic E-state index is 0.437.